The van der Waals surface area contributed by atoms with Gasteiger partial charge in [-0.3, -0.25) is 0 Å². The molecule has 0 bridgehead atoms. The topological polar surface area (TPSA) is 80.3 Å². The fourth-order valence-corrected chi connectivity index (χ4v) is 4.61. The van der Waals surface area contributed by atoms with E-state index < -0.39 is 25.9 Å². The first-order chi connectivity index (χ1) is 8.82. The van der Waals surface area contributed by atoms with Crippen molar-refractivity contribution in [3.63, 3.8) is 0 Å². The van der Waals surface area contributed by atoms with Gasteiger partial charge in [-0.2, -0.15) is 0 Å². The SMILES string of the molecule is CSc1ccc(S(=O)(=O)NC2C=CS(=O)(=O)C2)cc1. The molecular weight excluding hydrogens is 306 g/mol. The summed E-state index contributed by atoms with van der Waals surface area (Å²) in [5, 5.41) is 1.04. The normalized spacial score (nSPS) is 21.6. The van der Waals surface area contributed by atoms with Gasteiger partial charge in [0.05, 0.1) is 16.7 Å². The molecule has 104 valence electrons. The fourth-order valence-electron chi connectivity index (χ4n) is 1.67. The van der Waals surface area contributed by atoms with Crippen LogP contribution in [-0.4, -0.2) is 34.9 Å². The number of sulfonamides is 1. The molecule has 1 aliphatic heterocycles. The zero-order chi connectivity index (χ0) is 14.1. The Morgan fingerprint density at radius 1 is 1.26 bits per heavy atom. The van der Waals surface area contributed by atoms with Gasteiger partial charge in [-0.1, -0.05) is 6.08 Å². The van der Waals surface area contributed by atoms with Gasteiger partial charge in [0, 0.05) is 10.3 Å². The highest BCUT2D eigenvalue weighted by molar-refractivity contribution is 7.98. The molecule has 1 heterocycles. The molecule has 5 nitrogen and oxygen atoms in total. The second-order valence-corrected chi connectivity index (χ2v) is 8.59. The van der Waals surface area contributed by atoms with Crippen LogP contribution in [0.15, 0.2) is 45.5 Å². The number of thioether (sulfide) groups is 1. The lowest BCUT2D eigenvalue weighted by Crippen LogP contribution is -2.35. The summed E-state index contributed by atoms with van der Waals surface area (Å²) in [4.78, 5) is 1.09. The largest absolute Gasteiger partial charge is 0.241 e. The van der Waals surface area contributed by atoms with E-state index in [1.807, 2.05) is 6.26 Å². The van der Waals surface area contributed by atoms with Crippen LogP contribution in [0.5, 0.6) is 0 Å². The summed E-state index contributed by atoms with van der Waals surface area (Å²) in [6.07, 6.45) is 3.25. The molecule has 1 aromatic rings. The monoisotopic (exact) mass is 319 g/mol. The summed E-state index contributed by atoms with van der Waals surface area (Å²) in [5.41, 5.74) is 0. The van der Waals surface area contributed by atoms with Crippen LogP contribution in [0.4, 0.5) is 0 Å². The summed E-state index contributed by atoms with van der Waals surface area (Å²) >= 11 is 1.52. The Bertz CT molecular complexity index is 690. The van der Waals surface area contributed by atoms with Crippen LogP contribution in [0.25, 0.3) is 0 Å². The van der Waals surface area contributed by atoms with Crippen LogP contribution in [-0.2, 0) is 19.9 Å². The van der Waals surface area contributed by atoms with Gasteiger partial charge in [-0.15, -0.1) is 11.8 Å². The molecule has 0 spiro atoms. The molecule has 2 rings (SSSR count). The summed E-state index contributed by atoms with van der Waals surface area (Å²) in [7, 11) is -6.97. The summed E-state index contributed by atoms with van der Waals surface area (Å²) in [6, 6.07) is 5.72. The van der Waals surface area contributed by atoms with Crippen LogP contribution in [0, 0.1) is 0 Å². The number of nitrogens with one attached hydrogen (secondary N) is 1. The minimum atomic E-state index is -3.69. The van der Waals surface area contributed by atoms with E-state index in [-0.39, 0.29) is 10.6 Å². The van der Waals surface area contributed by atoms with Crippen molar-refractivity contribution >= 4 is 31.6 Å². The molecule has 19 heavy (non-hydrogen) atoms. The van der Waals surface area contributed by atoms with Crippen molar-refractivity contribution in [3.8, 4) is 0 Å². The molecule has 0 radical (unpaired) electrons. The van der Waals surface area contributed by atoms with E-state index in [0.29, 0.717) is 0 Å². The van der Waals surface area contributed by atoms with E-state index in [9.17, 15) is 16.8 Å². The van der Waals surface area contributed by atoms with Gasteiger partial charge in [-0.05, 0) is 30.5 Å². The lowest BCUT2D eigenvalue weighted by atomic mass is 10.4. The molecule has 1 aromatic carbocycles. The molecule has 0 saturated carbocycles. The molecule has 0 fully saturated rings. The van der Waals surface area contributed by atoms with Crippen molar-refractivity contribution in [1.82, 2.24) is 4.72 Å². The zero-order valence-corrected chi connectivity index (χ0v) is 12.6. The molecule has 1 N–H and O–H groups in total. The second kappa shape index (κ2) is 5.28. The van der Waals surface area contributed by atoms with Crippen LogP contribution in [0.2, 0.25) is 0 Å². The number of hydrogen-bond donors (Lipinski definition) is 1. The Labute approximate surface area is 117 Å². The van der Waals surface area contributed by atoms with E-state index in [4.69, 9.17) is 0 Å². The maximum absolute atomic E-state index is 12.1. The lowest BCUT2D eigenvalue weighted by molar-refractivity contribution is 0.575. The van der Waals surface area contributed by atoms with Gasteiger partial charge < -0.3 is 0 Å². The Morgan fingerprint density at radius 3 is 2.37 bits per heavy atom. The van der Waals surface area contributed by atoms with Crippen molar-refractivity contribution in [1.29, 1.82) is 0 Å². The third-order valence-electron chi connectivity index (χ3n) is 2.61. The van der Waals surface area contributed by atoms with Gasteiger partial charge >= 0.3 is 0 Å². The third kappa shape index (κ3) is 3.59. The first-order valence-electron chi connectivity index (χ1n) is 5.40. The number of sulfone groups is 1. The highest BCUT2D eigenvalue weighted by Crippen LogP contribution is 2.18. The predicted molar refractivity (Wildman–Crippen MR) is 75.3 cm³/mol. The first-order valence-corrected chi connectivity index (χ1v) is 9.82. The Balaban J connectivity index is 2.17. The number of rotatable bonds is 4. The molecule has 8 heteroatoms. The molecule has 0 saturated heterocycles. The zero-order valence-electron chi connectivity index (χ0n) is 10.1. The third-order valence-corrected chi connectivity index (χ3v) is 6.25. The summed E-state index contributed by atoms with van der Waals surface area (Å²) < 4.78 is 48.9. The van der Waals surface area contributed by atoms with Crippen molar-refractivity contribution in [2.75, 3.05) is 12.0 Å². The summed E-state index contributed by atoms with van der Waals surface area (Å²) in [6.45, 7) is 0. The van der Waals surface area contributed by atoms with E-state index in [1.165, 1.54) is 30.0 Å². The Hall–Kier alpha value is -0.830. The second-order valence-electron chi connectivity index (χ2n) is 4.06. The van der Waals surface area contributed by atoms with Crippen LogP contribution < -0.4 is 4.72 Å². The number of benzene rings is 1. The van der Waals surface area contributed by atoms with E-state index in [0.717, 1.165) is 10.3 Å². The smallest absolute Gasteiger partial charge is 0.224 e. The Morgan fingerprint density at radius 2 is 1.89 bits per heavy atom. The van der Waals surface area contributed by atoms with Gasteiger partial charge in [0.2, 0.25) is 10.0 Å². The molecule has 1 unspecified atom stereocenters. The van der Waals surface area contributed by atoms with E-state index in [1.54, 1.807) is 12.1 Å². The van der Waals surface area contributed by atoms with Crippen molar-refractivity contribution in [2.45, 2.75) is 15.8 Å². The predicted octanol–water partition coefficient (Wildman–Crippen LogP) is 0.998. The molecule has 0 amide bonds. The fraction of sp³-hybridized carbons (Fsp3) is 0.273. The highest BCUT2D eigenvalue weighted by atomic mass is 32.2. The van der Waals surface area contributed by atoms with Gasteiger partial charge in [0.25, 0.3) is 0 Å². The molecule has 1 aliphatic rings. The average molecular weight is 319 g/mol. The van der Waals surface area contributed by atoms with Gasteiger partial charge in [0.1, 0.15) is 0 Å². The first kappa shape index (κ1) is 14.6. The molecule has 1 atom stereocenters. The van der Waals surface area contributed by atoms with Crippen LogP contribution >= 0.6 is 11.8 Å². The van der Waals surface area contributed by atoms with E-state index >= 15 is 0 Å². The van der Waals surface area contributed by atoms with Crippen molar-refractivity contribution in [2.24, 2.45) is 0 Å². The highest BCUT2D eigenvalue weighted by Gasteiger charge is 2.26. The van der Waals surface area contributed by atoms with Crippen LogP contribution in [0.1, 0.15) is 0 Å². The van der Waals surface area contributed by atoms with E-state index in [2.05, 4.69) is 4.72 Å². The summed E-state index contributed by atoms with van der Waals surface area (Å²) in [5.74, 6) is -0.227. The van der Waals surface area contributed by atoms with Gasteiger partial charge in [-0.25, -0.2) is 21.6 Å². The minimum absolute atomic E-state index is 0.128. The minimum Gasteiger partial charge on any atom is -0.224 e. The number of hydrogen-bond acceptors (Lipinski definition) is 5. The van der Waals surface area contributed by atoms with Crippen molar-refractivity contribution in [3.05, 3.63) is 35.7 Å². The quantitative estimate of drug-likeness (QED) is 0.837. The standard InChI is InChI=1S/C11H13NO4S3/c1-17-10-2-4-11(5-3-10)19(15,16)12-9-6-7-18(13,14)8-9/h2-7,9,12H,8H2,1H3. The van der Waals surface area contributed by atoms with Crippen molar-refractivity contribution < 1.29 is 16.8 Å². The molecule has 0 aliphatic carbocycles. The lowest BCUT2D eigenvalue weighted by Gasteiger charge is -2.11. The van der Waals surface area contributed by atoms with Crippen LogP contribution in [0.3, 0.4) is 0 Å². The molecular formula is C11H13NO4S3. The maximum Gasteiger partial charge on any atom is 0.241 e. The Kier molecular flexibility index (Phi) is 4.05. The molecule has 0 aromatic heterocycles. The maximum atomic E-state index is 12.1. The average Bonchev–Trinajstić information content (AvgIpc) is 2.68. The van der Waals surface area contributed by atoms with Gasteiger partial charge in [0.15, 0.2) is 9.84 Å².